The molecule has 0 saturated heterocycles. The lowest BCUT2D eigenvalue weighted by molar-refractivity contribution is -0.384. The normalized spacial score (nSPS) is 10.7. The second-order valence-electron chi connectivity index (χ2n) is 6.44. The molecule has 148 valence electrons. The van der Waals surface area contributed by atoms with Crippen molar-refractivity contribution in [3.8, 4) is 11.1 Å². The molecule has 1 amide bonds. The van der Waals surface area contributed by atoms with E-state index < -0.39 is 16.5 Å². The average molecular weight is 421 g/mol. The number of halogens is 1. The van der Waals surface area contributed by atoms with Gasteiger partial charge in [0.15, 0.2) is 0 Å². The first kappa shape index (κ1) is 19.4. The number of amides is 1. The molecule has 3 aromatic carbocycles. The summed E-state index contributed by atoms with van der Waals surface area (Å²) >= 11 is 6.37. The van der Waals surface area contributed by atoms with E-state index in [4.69, 9.17) is 16.0 Å². The number of carbonyl (C=O) groups excluding carboxylic acids is 1. The average Bonchev–Trinajstić information content (AvgIpc) is 2.73. The molecule has 0 fully saturated rings. The van der Waals surface area contributed by atoms with Gasteiger partial charge in [0.2, 0.25) is 0 Å². The van der Waals surface area contributed by atoms with Gasteiger partial charge in [-0.1, -0.05) is 35.9 Å². The minimum Gasteiger partial charge on any atom is -0.422 e. The summed E-state index contributed by atoms with van der Waals surface area (Å²) < 4.78 is 5.35. The molecular formula is C22H13ClN2O5. The van der Waals surface area contributed by atoms with Crippen LogP contribution >= 0.6 is 11.6 Å². The number of nitro benzene ring substituents is 1. The van der Waals surface area contributed by atoms with E-state index >= 15 is 0 Å². The van der Waals surface area contributed by atoms with E-state index in [0.717, 1.165) is 5.39 Å². The van der Waals surface area contributed by atoms with E-state index in [1.165, 1.54) is 30.3 Å². The number of hydrogen-bond acceptors (Lipinski definition) is 5. The van der Waals surface area contributed by atoms with Gasteiger partial charge in [0.25, 0.3) is 11.6 Å². The molecule has 1 aromatic heterocycles. The number of para-hydroxylation sites is 1. The zero-order valence-electron chi connectivity index (χ0n) is 15.3. The number of nitro groups is 1. The van der Waals surface area contributed by atoms with Crippen LogP contribution in [0.5, 0.6) is 0 Å². The fourth-order valence-corrected chi connectivity index (χ4v) is 3.28. The molecule has 1 N–H and O–H groups in total. The van der Waals surface area contributed by atoms with Crippen LogP contribution in [-0.2, 0) is 0 Å². The van der Waals surface area contributed by atoms with E-state index in [0.29, 0.717) is 22.4 Å². The molecule has 0 unspecified atom stereocenters. The Kier molecular flexibility index (Phi) is 5.04. The number of anilines is 1. The largest absolute Gasteiger partial charge is 0.422 e. The van der Waals surface area contributed by atoms with Crippen LogP contribution in [0.1, 0.15) is 10.4 Å². The Labute approximate surface area is 174 Å². The SMILES string of the molecule is O=C(Nc1ccc(-c2cc3ccccc3oc2=O)c(Cl)c1)c1ccc([N+](=O)[O-])cc1. The van der Waals surface area contributed by atoms with Gasteiger partial charge in [-0.2, -0.15) is 0 Å². The maximum absolute atomic E-state index is 12.4. The lowest BCUT2D eigenvalue weighted by atomic mass is 10.1. The van der Waals surface area contributed by atoms with Gasteiger partial charge >= 0.3 is 5.63 Å². The van der Waals surface area contributed by atoms with Gasteiger partial charge in [-0.05, 0) is 36.4 Å². The molecule has 0 atom stereocenters. The summed E-state index contributed by atoms with van der Waals surface area (Å²) in [7, 11) is 0. The number of nitrogens with zero attached hydrogens (tertiary/aromatic N) is 1. The van der Waals surface area contributed by atoms with Gasteiger partial charge in [0.05, 0.1) is 15.5 Å². The summed E-state index contributed by atoms with van der Waals surface area (Å²) in [6.45, 7) is 0. The highest BCUT2D eigenvalue weighted by molar-refractivity contribution is 6.33. The standard InChI is InChI=1S/C22H13ClN2O5/c23-19-12-15(24-21(26)13-5-8-16(9-6-13)25(28)29)7-10-17(19)18-11-14-3-1-2-4-20(14)30-22(18)27/h1-12H,(H,24,26). The Morgan fingerprint density at radius 2 is 1.70 bits per heavy atom. The van der Waals surface area contributed by atoms with Gasteiger partial charge in [-0.3, -0.25) is 14.9 Å². The van der Waals surface area contributed by atoms with E-state index in [1.54, 1.807) is 30.3 Å². The lowest BCUT2D eigenvalue weighted by Gasteiger charge is -2.09. The van der Waals surface area contributed by atoms with Crippen LogP contribution in [0.4, 0.5) is 11.4 Å². The van der Waals surface area contributed by atoms with Crippen molar-refractivity contribution < 1.29 is 14.1 Å². The summed E-state index contributed by atoms with van der Waals surface area (Å²) in [6, 6.07) is 18.8. The second kappa shape index (κ2) is 7.81. The number of nitrogens with one attached hydrogen (secondary N) is 1. The summed E-state index contributed by atoms with van der Waals surface area (Å²) in [5, 5.41) is 14.4. The van der Waals surface area contributed by atoms with Crippen molar-refractivity contribution in [2.45, 2.75) is 0 Å². The zero-order chi connectivity index (χ0) is 21.3. The van der Waals surface area contributed by atoms with Gasteiger partial charge in [-0.15, -0.1) is 0 Å². The topological polar surface area (TPSA) is 102 Å². The first-order valence-corrected chi connectivity index (χ1v) is 9.19. The smallest absolute Gasteiger partial charge is 0.344 e. The highest BCUT2D eigenvalue weighted by Gasteiger charge is 2.14. The molecule has 1 heterocycles. The van der Waals surface area contributed by atoms with Crippen LogP contribution in [0, 0.1) is 10.1 Å². The zero-order valence-corrected chi connectivity index (χ0v) is 16.1. The Morgan fingerprint density at radius 1 is 0.967 bits per heavy atom. The Bertz CT molecular complexity index is 1350. The van der Waals surface area contributed by atoms with E-state index in [1.807, 2.05) is 12.1 Å². The van der Waals surface area contributed by atoms with E-state index in [2.05, 4.69) is 5.32 Å². The van der Waals surface area contributed by atoms with Crippen LogP contribution in [0.2, 0.25) is 5.02 Å². The molecule has 0 bridgehead atoms. The molecule has 4 rings (SSSR count). The summed E-state index contributed by atoms with van der Waals surface area (Å²) in [4.78, 5) is 34.9. The van der Waals surface area contributed by atoms with Gasteiger partial charge in [0, 0.05) is 34.3 Å². The summed E-state index contributed by atoms with van der Waals surface area (Å²) in [5.41, 5.74) is 1.32. The van der Waals surface area contributed by atoms with Crippen molar-refractivity contribution in [2.75, 3.05) is 5.32 Å². The van der Waals surface area contributed by atoms with Crippen LogP contribution in [0.25, 0.3) is 22.1 Å². The Hall–Kier alpha value is -3.97. The molecule has 0 aliphatic carbocycles. The monoisotopic (exact) mass is 420 g/mol. The first-order valence-electron chi connectivity index (χ1n) is 8.81. The molecular weight excluding hydrogens is 408 g/mol. The number of carbonyl (C=O) groups is 1. The molecule has 0 aliphatic heterocycles. The van der Waals surface area contributed by atoms with E-state index in [9.17, 15) is 19.7 Å². The maximum Gasteiger partial charge on any atom is 0.344 e. The second-order valence-corrected chi connectivity index (χ2v) is 6.85. The van der Waals surface area contributed by atoms with Crippen LogP contribution in [0.15, 0.2) is 82.0 Å². The molecule has 0 spiro atoms. The summed E-state index contributed by atoms with van der Waals surface area (Å²) in [5.74, 6) is -0.445. The van der Waals surface area contributed by atoms with E-state index in [-0.39, 0.29) is 16.3 Å². The molecule has 30 heavy (non-hydrogen) atoms. The van der Waals surface area contributed by atoms with Gasteiger partial charge in [0.1, 0.15) is 5.58 Å². The highest BCUT2D eigenvalue weighted by atomic mass is 35.5. The quantitative estimate of drug-likeness (QED) is 0.275. The number of rotatable bonds is 4. The van der Waals surface area contributed by atoms with Gasteiger partial charge in [-0.25, -0.2) is 4.79 Å². The lowest BCUT2D eigenvalue weighted by Crippen LogP contribution is -2.12. The van der Waals surface area contributed by atoms with Crippen LogP contribution in [-0.4, -0.2) is 10.8 Å². The fourth-order valence-electron chi connectivity index (χ4n) is 3.00. The third-order valence-corrected chi connectivity index (χ3v) is 4.81. The molecule has 0 saturated carbocycles. The third-order valence-electron chi connectivity index (χ3n) is 4.50. The Morgan fingerprint density at radius 3 is 2.40 bits per heavy atom. The molecule has 8 heteroatoms. The molecule has 0 aliphatic rings. The van der Waals surface area contributed by atoms with Crippen LogP contribution < -0.4 is 10.9 Å². The minimum atomic E-state index is -0.538. The number of benzene rings is 3. The Balaban J connectivity index is 1.60. The predicted molar refractivity (Wildman–Crippen MR) is 114 cm³/mol. The van der Waals surface area contributed by atoms with Crippen molar-refractivity contribution in [1.82, 2.24) is 0 Å². The van der Waals surface area contributed by atoms with Gasteiger partial charge < -0.3 is 9.73 Å². The number of non-ortho nitro benzene ring substituents is 1. The number of hydrogen-bond donors (Lipinski definition) is 1. The van der Waals surface area contributed by atoms with Crippen molar-refractivity contribution in [3.63, 3.8) is 0 Å². The van der Waals surface area contributed by atoms with Crippen molar-refractivity contribution in [1.29, 1.82) is 0 Å². The number of fused-ring (bicyclic) bond motifs is 1. The first-order chi connectivity index (χ1) is 14.4. The highest BCUT2D eigenvalue weighted by Crippen LogP contribution is 2.30. The summed E-state index contributed by atoms with van der Waals surface area (Å²) in [6.07, 6.45) is 0. The fraction of sp³-hybridized carbons (Fsp3) is 0. The molecule has 7 nitrogen and oxygen atoms in total. The minimum absolute atomic E-state index is 0.104. The van der Waals surface area contributed by atoms with Crippen molar-refractivity contribution in [3.05, 3.63) is 104 Å². The third kappa shape index (κ3) is 3.78. The van der Waals surface area contributed by atoms with Crippen molar-refractivity contribution in [2.24, 2.45) is 0 Å². The van der Waals surface area contributed by atoms with Crippen LogP contribution in [0.3, 0.4) is 0 Å². The molecule has 0 radical (unpaired) electrons. The predicted octanol–water partition coefficient (Wildman–Crippen LogP) is 5.27. The van der Waals surface area contributed by atoms with Crippen molar-refractivity contribution >= 4 is 39.9 Å². The molecule has 4 aromatic rings. The maximum atomic E-state index is 12.4.